The molecule has 0 aromatic carbocycles. The highest BCUT2D eigenvalue weighted by Crippen LogP contribution is 2.12. The maximum atomic E-state index is 11.7. The fourth-order valence-corrected chi connectivity index (χ4v) is 1.34. The van der Waals surface area contributed by atoms with Crippen LogP contribution in [0.1, 0.15) is 10.5 Å². The molecule has 86 valence electrons. The van der Waals surface area contributed by atoms with E-state index < -0.39 is 5.91 Å². The van der Waals surface area contributed by atoms with E-state index in [0.717, 1.165) is 0 Å². The van der Waals surface area contributed by atoms with Crippen LogP contribution in [0.3, 0.4) is 0 Å². The summed E-state index contributed by atoms with van der Waals surface area (Å²) >= 11 is 11.3. The Morgan fingerprint density at radius 2 is 2.00 bits per heavy atom. The summed E-state index contributed by atoms with van der Waals surface area (Å²) in [5, 5.41) is 3.25. The molecule has 0 unspecified atom stereocenters. The number of nitrogens with zero attached hydrogens (tertiary/aromatic N) is 3. The highest BCUT2D eigenvalue weighted by atomic mass is 35.5. The fourth-order valence-electron chi connectivity index (χ4n) is 1.08. The van der Waals surface area contributed by atoms with Crippen molar-refractivity contribution in [1.82, 2.24) is 15.0 Å². The summed E-state index contributed by atoms with van der Waals surface area (Å²) in [6, 6.07) is 3.14. The number of pyridine rings is 1. The Bertz CT molecular complexity index is 544. The van der Waals surface area contributed by atoms with Crippen molar-refractivity contribution in [2.45, 2.75) is 0 Å². The maximum absolute atomic E-state index is 11.7. The summed E-state index contributed by atoms with van der Waals surface area (Å²) in [7, 11) is 0. The number of rotatable bonds is 2. The zero-order valence-corrected chi connectivity index (χ0v) is 9.90. The van der Waals surface area contributed by atoms with Gasteiger partial charge in [0.1, 0.15) is 16.7 Å². The predicted octanol–water partition coefficient (Wildman–Crippen LogP) is 2.43. The lowest BCUT2D eigenvalue weighted by molar-refractivity contribution is 0.102. The third-order valence-corrected chi connectivity index (χ3v) is 2.25. The standard InChI is InChI=1S/C10H6Cl2N4O/c11-6-1-2-13-9(3-6)16-10(17)7-4-15-8(12)5-14-7/h1-5H,(H,13,16,17). The molecule has 1 amide bonds. The molecule has 2 aromatic heterocycles. The highest BCUT2D eigenvalue weighted by Gasteiger charge is 2.08. The first-order chi connectivity index (χ1) is 8.15. The van der Waals surface area contributed by atoms with E-state index >= 15 is 0 Å². The van der Waals surface area contributed by atoms with Crippen LogP contribution in [0.2, 0.25) is 10.2 Å². The molecule has 0 atom stereocenters. The number of halogens is 2. The van der Waals surface area contributed by atoms with Gasteiger partial charge in [-0.15, -0.1) is 0 Å². The lowest BCUT2D eigenvalue weighted by atomic mass is 10.4. The van der Waals surface area contributed by atoms with Crippen LogP contribution in [-0.2, 0) is 0 Å². The first-order valence-electron chi connectivity index (χ1n) is 4.55. The normalized spacial score (nSPS) is 10.0. The minimum Gasteiger partial charge on any atom is -0.305 e. The van der Waals surface area contributed by atoms with Crippen molar-refractivity contribution in [3.8, 4) is 0 Å². The lowest BCUT2D eigenvalue weighted by Crippen LogP contribution is -2.14. The molecule has 2 heterocycles. The lowest BCUT2D eigenvalue weighted by Gasteiger charge is -2.03. The molecule has 0 aliphatic heterocycles. The molecule has 0 spiro atoms. The van der Waals surface area contributed by atoms with Gasteiger partial charge in [-0.25, -0.2) is 15.0 Å². The summed E-state index contributed by atoms with van der Waals surface area (Å²) in [5.74, 6) is -0.0804. The van der Waals surface area contributed by atoms with E-state index in [9.17, 15) is 4.79 Å². The third-order valence-electron chi connectivity index (χ3n) is 1.82. The van der Waals surface area contributed by atoms with E-state index in [1.165, 1.54) is 24.7 Å². The Morgan fingerprint density at radius 1 is 1.18 bits per heavy atom. The summed E-state index contributed by atoms with van der Waals surface area (Å²) in [6.07, 6.45) is 4.07. The third kappa shape index (κ3) is 3.12. The van der Waals surface area contributed by atoms with Gasteiger partial charge in [-0.1, -0.05) is 23.2 Å². The Hall–Kier alpha value is -1.72. The molecule has 0 bridgehead atoms. The summed E-state index contributed by atoms with van der Waals surface area (Å²) in [4.78, 5) is 23.2. The SMILES string of the molecule is O=C(Nc1cc(Cl)ccn1)c1cnc(Cl)cn1. The fraction of sp³-hybridized carbons (Fsp3) is 0. The zero-order valence-electron chi connectivity index (χ0n) is 8.39. The average molecular weight is 269 g/mol. The van der Waals surface area contributed by atoms with Gasteiger partial charge < -0.3 is 5.32 Å². The number of amides is 1. The number of carbonyl (C=O) groups excluding carboxylic acids is 1. The van der Waals surface area contributed by atoms with Crippen molar-refractivity contribution in [1.29, 1.82) is 0 Å². The number of anilines is 1. The van der Waals surface area contributed by atoms with Crippen LogP contribution < -0.4 is 5.32 Å². The molecule has 0 aliphatic carbocycles. The van der Waals surface area contributed by atoms with Gasteiger partial charge >= 0.3 is 0 Å². The van der Waals surface area contributed by atoms with E-state index in [1.54, 1.807) is 6.07 Å². The quantitative estimate of drug-likeness (QED) is 0.909. The summed E-state index contributed by atoms with van der Waals surface area (Å²) in [6.45, 7) is 0. The molecule has 5 nitrogen and oxygen atoms in total. The van der Waals surface area contributed by atoms with Gasteiger partial charge in [0.2, 0.25) is 0 Å². The highest BCUT2D eigenvalue weighted by molar-refractivity contribution is 6.30. The molecule has 0 radical (unpaired) electrons. The molecule has 1 N–H and O–H groups in total. The minimum absolute atomic E-state index is 0.149. The van der Waals surface area contributed by atoms with Gasteiger partial charge in [0.15, 0.2) is 0 Å². The van der Waals surface area contributed by atoms with Gasteiger partial charge in [-0.3, -0.25) is 4.79 Å². The van der Waals surface area contributed by atoms with Crippen molar-refractivity contribution in [2.24, 2.45) is 0 Å². The summed E-state index contributed by atoms with van der Waals surface area (Å²) < 4.78 is 0. The molecule has 0 aliphatic rings. The van der Waals surface area contributed by atoms with Crippen LogP contribution in [-0.4, -0.2) is 20.9 Å². The Morgan fingerprint density at radius 3 is 2.65 bits per heavy atom. The summed E-state index contributed by atoms with van der Waals surface area (Å²) in [5.41, 5.74) is 0.149. The number of aromatic nitrogens is 3. The molecular weight excluding hydrogens is 263 g/mol. The molecule has 0 saturated heterocycles. The van der Waals surface area contributed by atoms with E-state index in [0.29, 0.717) is 10.8 Å². The molecule has 2 rings (SSSR count). The van der Waals surface area contributed by atoms with Gasteiger partial charge in [0.05, 0.1) is 12.4 Å². The molecule has 17 heavy (non-hydrogen) atoms. The van der Waals surface area contributed by atoms with Crippen LogP contribution in [0.15, 0.2) is 30.7 Å². The monoisotopic (exact) mass is 268 g/mol. The number of hydrogen-bond donors (Lipinski definition) is 1. The molecule has 7 heteroatoms. The largest absolute Gasteiger partial charge is 0.305 e. The first kappa shape index (κ1) is 11.8. The molecule has 0 fully saturated rings. The van der Waals surface area contributed by atoms with E-state index in [4.69, 9.17) is 23.2 Å². The van der Waals surface area contributed by atoms with Crippen LogP contribution in [0.5, 0.6) is 0 Å². The Balaban J connectivity index is 2.14. The second-order valence-electron chi connectivity index (χ2n) is 3.04. The molecular formula is C10H6Cl2N4O. The molecule has 2 aromatic rings. The number of carbonyl (C=O) groups is 1. The number of hydrogen-bond acceptors (Lipinski definition) is 4. The van der Waals surface area contributed by atoms with E-state index in [-0.39, 0.29) is 10.8 Å². The van der Waals surface area contributed by atoms with Gasteiger partial charge in [0.25, 0.3) is 5.91 Å². The average Bonchev–Trinajstić information content (AvgIpc) is 2.29. The zero-order chi connectivity index (χ0) is 12.3. The van der Waals surface area contributed by atoms with Gasteiger partial charge in [-0.2, -0.15) is 0 Å². The minimum atomic E-state index is -0.427. The van der Waals surface area contributed by atoms with Crippen molar-refractivity contribution < 1.29 is 4.79 Å². The van der Waals surface area contributed by atoms with Crippen molar-refractivity contribution in [2.75, 3.05) is 5.32 Å². The number of nitrogens with one attached hydrogen (secondary N) is 1. The molecule has 0 saturated carbocycles. The smallest absolute Gasteiger partial charge is 0.277 e. The van der Waals surface area contributed by atoms with Crippen molar-refractivity contribution in [3.63, 3.8) is 0 Å². The van der Waals surface area contributed by atoms with Crippen LogP contribution >= 0.6 is 23.2 Å². The Kier molecular flexibility index (Phi) is 3.51. The topological polar surface area (TPSA) is 67.8 Å². The second kappa shape index (κ2) is 5.07. The van der Waals surface area contributed by atoms with Crippen molar-refractivity contribution in [3.05, 3.63) is 46.6 Å². The van der Waals surface area contributed by atoms with E-state index in [2.05, 4.69) is 20.3 Å². The van der Waals surface area contributed by atoms with Crippen LogP contribution in [0, 0.1) is 0 Å². The maximum Gasteiger partial charge on any atom is 0.277 e. The first-order valence-corrected chi connectivity index (χ1v) is 5.31. The van der Waals surface area contributed by atoms with E-state index in [1.807, 2.05) is 0 Å². The van der Waals surface area contributed by atoms with Gasteiger partial charge in [-0.05, 0) is 12.1 Å². The Labute approximate surface area is 107 Å². The van der Waals surface area contributed by atoms with Crippen molar-refractivity contribution >= 4 is 34.9 Å². The van der Waals surface area contributed by atoms with Crippen LogP contribution in [0.4, 0.5) is 5.82 Å². The van der Waals surface area contributed by atoms with Gasteiger partial charge in [0, 0.05) is 11.2 Å². The van der Waals surface area contributed by atoms with Crippen LogP contribution in [0.25, 0.3) is 0 Å². The second-order valence-corrected chi connectivity index (χ2v) is 3.86. The predicted molar refractivity (Wildman–Crippen MR) is 64.2 cm³/mol.